The second kappa shape index (κ2) is 2.89. The van der Waals surface area contributed by atoms with Crippen LogP contribution in [0.3, 0.4) is 0 Å². The molecule has 0 radical (unpaired) electrons. The van der Waals surface area contributed by atoms with Crippen LogP contribution in [0.1, 0.15) is 42.2 Å². The number of aromatic hydroxyl groups is 2. The molecule has 1 aromatic heterocycles. The minimum atomic E-state index is 0.290. The Hall–Kier alpha value is -1.38. The van der Waals surface area contributed by atoms with Gasteiger partial charge >= 0.3 is 0 Å². The lowest BCUT2D eigenvalue weighted by atomic mass is 9.72. The van der Waals surface area contributed by atoms with Gasteiger partial charge in [0.1, 0.15) is 0 Å². The van der Waals surface area contributed by atoms with Crippen molar-refractivity contribution < 1.29 is 10.2 Å². The summed E-state index contributed by atoms with van der Waals surface area (Å²) >= 11 is 0. The molecule has 90 valence electrons. The fraction of sp³-hybridized carbons (Fsp3) is 0.571. The van der Waals surface area contributed by atoms with Crippen LogP contribution in [0.15, 0.2) is 12.2 Å². The molecule has 3 aliphatic carbocycles. The molecule has 3 aliphatic rings. The first-order valence-electron chi connectivity index (χ1n) is 6.45. The van der Waals surface area contributed by atoms with Gasteiger partial charge < -0.3 is 10.2 Å². The van der Waals surface area contributed by atoms with Crippen LogP contribution in [0.2, 0.25) is 0 Å². The highest BCUT2D eigenvalue weighted by atomic mass is 16.3. The number of aromatic nitrogens is 1. The Morgan fingerprint density at radius 2 is 1.47 bits per heavy atom. The third-order valence-electron chi connectivity index (χ3n) is 5.22. The van der Waals surface area contributed by atoms with Crippen molar-refractivity contribution in [3.63, 3.8) is 0 Å². The molecular weight excluding hydrogens is 214 g/mol. The van der Waals surface area contributed by atoms with Crippen LogP contribution in [-0.2, 0) is 7.05 Å². The summed E-state index contributed by atoms with van der Waals surface area (Å²) in [7, 11) is 1.74. The molecule has 3 heteroatoms. The number of hydrogen-bond acceptors (Lipinski definition) is 2. The van der Waals surface area contributed by atoms with Crippen LogP contribution in [0.5, 0.6) is 11.8 Å². The van der Waals surface area contributed by atoms with Crippen molar-refractivity contribution in [2.24, 2.45) is 18.9 Å². The molecule has 0 aromatic carbocycles. The minimum Gasteiger partial charge on any atom is -0.494 e. The van der Waals surface area contributed by atoms with Crippen LogP contribution in [0, 0.1) is 11.8 Å². The average molecular weight is 231 g/mol. The number of hydrogen-bond donors (Lipinski definition) is 2. The maximum Gasteiger partial charge on any atom is 0.197 e. The zero-order chi connectivity index (χ0) is 11.7. The van der Waals surface area contributed by atoms with Crippen LogP contribution >= 0.6 is 0 Å². The smallest absolute Gasteiger partial charge is 0.197 e. The molecule has 1 saturated carbocycles. The monoisotopic (exact) mass is 231 g/mol. The number of rotatable bonds is 0. The van der Waals surface area contributed by atoms with Gasteiger partial charge in [0.15, 0.2) is 11.8 Å². The van der Waals surface area contributed by atoms with Gasteiger partial charge in [-0.3, -0.25) is 4.57 Å². The predicted molar refractivity (Wildman–Crippen MR) is 64.2 cm³/mol. The van der Waals surface area contributed by atoms with E-state index in [0.29, 0.717) is 23.7 Å². The Kier molecular flexibility index (Phi) is 1.64. The molecule has 2 N–H and O–H groups in total. The molecule has 0 aliphatic heterocycles. The Balaban J connectivity index is 1.91. The third-order valence-corrected chi connectivity index (χ3v) is 5.22. The summed E-state index contributed by atoms with van der Waals surface area (Å²) in [5.41, 5.74) is 2.10. The number of nitrogens with zero attached hydrogens (tertiary/aromatic N) is 1. The molecule has 0 amide bonds. The molecule has 2 bridgehead atoms. The van der Waals surface area contributed by atoms with E-state index >= 15 is 0 Å². The third kappa shape index (κ3) is 0.946. The van der Waals surface area contributed by atoms with Gasteiger partial charge in [0.25, 0.3) is 0 Å². The van der Waals surface area contributed by atoms with E-state index in [1.807, 2.05) is 0 Å². The maximum atomic E-state index is 10.1. The molecule has 0 saturated heterocycles. The van der Waals surface area contributed by atoms with E-state index in [1.54, 1.807) is 7.05 Å². The topological polar surface area (TPSA) is 45.4 Å². The van der Waals surface area contributed by atoms with Gasteiger partial charge in [0.2, 0.25) is 0 Å². The Morgan fingerprint density at radius 3 is 1.94 bits per heavy atom. The van der Waals surface area contributed by atoms with Gasteiger partial charge in [-0.05, 0) is 42.9 Å². The molecule has 4 rings (SSSR count). The molecule has 4 unspecified atom stereocenters. The summed E-state index contributed by atoms with van der Waals surface area (Å²) in [6.45, 7) is 0. The van der Waals surface area contributed by atoms with Crippen molar-refractivity contribution in [2.45, 2.75) is 31.1 Å². The highest BCUT2D eigenvalue weighted by molar-refractivity contribution is 5.56. The van der Waals surface area contributed by atoms with Gasteiger partial charge in [0, 0.05) is 18.2 Å². The van der Waals surface area contributed by atoms with Crippen LogP contribution in [-0.4, -0.2) is 14.8 Å². The van der Waals surface area contributed by atoms with Gasteiger partial charge in [-0.25, -0.2) is 0 Å². The average Bonchev–Trinajstić information content (AvgIpc) is 2.97. The standard InChI is InChI=1S/C14H17NO2/c1-15-13(16)11-9-6-10(12(11)14(15)17)8-5-3-2-4-7(8)9/h2-3,7-10,16-17H,4-6H2,1H3. The minimum absolute atomic E-state index is 0.290. The Morgan fingerprint density at radius 1 is 1.00 bits per heavy atom. The van der Waals surface area contributed by atoms with E-state index < -0.39 is 0 Å². The summed E-state index contributed by atoms with van der Waals surface area (Å²) in [4.78, 5) is 0. The largest absolute Gasteiger partial charge is 0.494 e. The number of allylic oxidation sites excluding steroid dienone is 2. The number of fused-ring (bicyclic) bond motifs is 8. The van der Waals surface area contributed by atoms with Crippen molar-refractivity contribution in [1.29, 1.82) is 0 Å². The molecule has 1 heterocycles. The molecule has 1 fully saturated rings. The summed E-state index contributed by atoms with van der Waals surface area (Å²) in [6, 6.07) is 0. The quantitative estimate of drug-likeness (QED) is 0.674. The highest BCUT2D eigenvalue weighted by Gasteiger charge is 2.54. The van der Waals surface area contributed by atoms with Crippen LogP contribution in [0.25, 0.3) is 0 Å². The maximum absolute atomic E-state index is 10.1. The second-order valence-corrected chi connectivity index (χ2v) is 5.75. The van der Waals surface area contributed by atoms with Crippen molar-refractivity contribution >= 4 is 0 Å². The SMILES string of the molecule is Cn1c(O)c2c(c1O)C1CC2C2CC=CCC12. The molecule has 3 nitrogen and oxygen atoms in total. The van der Waals surface area contributed by atoms with Gasteiger partial charge in [-0.15, -0.1) is 0 Å². The molecule has 4 atom stereocenters. The summed E-state index contributed by atoms with van der Waals surface area (Å²) in [6.07, 6.45) is 7.97. The zero-order valence-electron chi connectivity index (χ0n) is 9.93. The molecule has 1 aromatic rings. The second-order valence-electron chi connectivity index (χ2n) is 5.75. The molecular formula is C14H17NO2. The van der Waals surface area contributed by atoms with E-state index in [1.165, 1.54) is 4.57 Å². The fourth-order valence-corrected chi connectivity index (χ4v) is 4.50. The van der Waals surface area contributed by atoms with Crippen molar-refractivity contribution in [3.8, 4) is 11.8 Å². The van der Waals surface area contributed by atoms with E-state index in [4.69, 9.17) is 0 Å². The van der Waals surface area contributed by atoms with E-state index in [0.717, 1.165) is 30.4 Å². The summed E-state index contributed by atoms with van der Waals surface area (Å²) in [5, 5.41) is 20.3. The molecule has 0 spiro atoms. The zero-order valence-corrected chi connectivity index (χ0v) is 9.93. The predicted octanol–water partition coefficient (Wildman–Crippen LogP) is 2.60. The lowest BCUT2D eigenvalue weighted by Gasteiger charge is -2.32. The van der Waals surface area contributed by atoms with Crippen LogP contribution in [0.4, 0.5) is 0 Å². The van der Waals surface area contributed by atoms with Crippen LogP contribution < -0.4 is 0 Å². The van der Waals surface area contributed by atoms with Gasteiger partial charge in [-0.1, -0.05) is 12.2 Å². The molecule has 17 heavy (non-hydrogen) atoms. The Bertz CT molecular complexity index is 485. The van der Waals surface area contributed by atoms with E-state index in [2.05, 4.69) is 12.2 Å². The summed E-state index contributed by atoms with van der Waals surface area (Å²) in [5.74, 6) is 2.89. The first-order chi connectivity index (χ1) is 8.20. The Labute approximate surface area is 100 Å². The first kappa shape index (κ1) is 9.63. The first-order valence-corrected chi connectivity index (χ1v) is 6.45. The van der Waals surface area contributed by atoms with Crippen molar-refractivity contribution in [3.05, 3.63) is 23.3 Å². The van der Waals surface area contributed by atoms with Crippen molar-refractivity contribution in [1.82, 2.24) is 4.57 Å². The highest BCUT2D eigenvalue weighted by Crippen LogP contribution is 2.66. The van der Waals surface area contributed by atoms with E-state index in [9.17, 15) is 10.2 Å². The van der Waals surface area contributed by atoms with Gasteiger partial charge in [-0.2, -0.15) is 0 Å². The van der Waals surface area contributed by atoms with Gasteiger partial charge in [0.05, 0.1) is 0 Å². The van der Waals surface area contributed by atoms with E-state index in [-0.39, 0.29) is 11.8 Å². The lowest BCUT2D eigenvalue weighted by Crippen LogP contribution is -2.22. The van der Waals surface area contributed by atoms with Crippen molar-refractivity contribution in [2.75, 3.05) is 0 Å². The fourth-order valence-electron chi connectivity index (χ4n) is 4.50. The normalized spacial score (nSPS) is 37.2. The lowest BCUT2D eigenvalue weighted by molar-refractivity contribution is 0.310. The summed E-state index contributed by atoms with van der Waals surface area (Å²) < 4.78 is 1.54.